The molecule has 1 fully saturated rings. The first kappa shape index (κ1) is 12.9. The molecular weight excluding hydrogens is 257 g/mol. The summed E-state index contributed by atoms with van der Waals surface area (Å²) in [5.41, 5.74) is 0.312. The number of benzene rings is 1. The summed E-state index contributed by atoms with van der Waals surface area (Å²) < 4.78 is 39.1. The molecule has 0 spiro atoms. The summed E-state index contributed by atoms with van der Waals surface area (Å²) in [7, 11) is -3.46. The van der Waals surface area contributed by atoms with Gasteiger partial charge in [-0.2, -0.15) is 0 Å². The van der Waals surface area contributed by atoms with Crippen LogP contribution in [0.3, 0.4) is 0 Å². The highest BCUT2D eigenvalue weighted by Gasteiger charge is 2.36. The molecular formula is C12H12FNO3S. The van der Waals surface area contributed by atoms with E-state index in [1.165, 1.54) is 12.1 Å². The molecule has 0 amide bonds. The van der Waals surface area contributed by atoms with Crippen molar-refractivity contribution in [3.8, 4) is 11.8 Å². The van der Waals surface area contributed by atoms with Gasteiger partial charge >= 0.3 is 0 Å². The molecule has 0 unspecified atom stereocenters. The zero-order valence-corrected chi connectivity index (χ0v) is 10.3. The molecule has 2 rings (SSSR count). The van der Waals surface area contributed by atoms with E-state index in [1.807, 2.05) is 0 Å². The number of sulfonamides is 1. The lowest BCUT2D eigenvalue weighted by Crippen LogP contribution is -2.18. The van der Waals surface area contributed by atoms with Crippen LogP contribution in [0, 0.1) is 17.7 Å². The van der Waals surface area contributed by atoms with Crippen LogP contribution < -0.4 is 4.72 Å². The van der Waals surface area contributed by atoms with Crippen molar-refractivity contribution in [3.05, 3.63) is 29.6 Å². The first-order chi connectivity index (χ1) is 8.53. The fourth-order valence-electron chi connectivity index (χ4n) is 1.43. The van der Waals surface area contributed by atoms with E-state index in [4.69, 9.17) is 5.11 Å². The maximum atomic E-state index is 13.6. The lowest BCUT2D eigenvalue weighted by Gasteiger charge is -2.07. The Morgan fingerprint density at radius 3 is 2.72 bits per heavy atom. The van der Waals surface area contributed by atoms with Crippen molar-refractivity contribution in [2.45, 2.75) is 18.1 Å². The van der Waals surface area contributed by atoms with Gasteiger partial charge in [-0.3, -0.25) is 4.72 Å². The third kappa shape index (κ3) is 3.00. The van der Waals surface area contributed by atoms with Crippen LogP contribution >= 0.6 is 0 Å². The van der Waals surface area contributed by atoms with Crippen molar-refractivity contribution in [1.82, 2.24) is 0 Å². The fraction of sp³-hybridized carbons (Fsp3) is 0.333. The van der Waals surface area contributed by atoms with Gasteiger partial charge < -0.3 is 5.11 Å². The lowest BCUT2D eigenvalue weighted by molar-refractivity contribution is 0.350. The van der Waals surface area contributed by atoms with Crippen LogP contribution in [0.1, 0.15) is 18.4 Å². The minimum absolute atomic E-state index is 0.0727. The molecule has 2 N–H and O–H groups in total. The average molecular weight is 269 g/mol. The molecule has 1 aromatic rings. The number of halogens is 1. The van der Waals surface area contributed by atoms with Crippen molar-refractivity contribution >= 4 is 15.7 Å². The van der Waals surface area contributed by atoms with Crippen molar-refractivity contribution in [2.75, 3.05) is 11.3 Å². The minimum Gasteiger partial charge on any atom is -0.384 e. The van der Waals surface area contributed by atoms with Crippen LogP contribution in [-0.4, -0.2) is 25.4 Å². The van der Waals surface area contributed by atoms with Crippen LogP contribution in [0.15, 0.2) is 18.2 Å². The summed E-state index contributed by atoms with van der Waals surface area (Å²) >= 11 is 0. The van der Waals surface area contributed by atoms with Crippen LogP contribution in [0.4, 0.5) is 10.1 Å². The largest absolute Gasteiger partial charge is 0.384 e. The monoisotopic (exact) mass is 269 g/mol. The highest BCUT2D eigenvalue weighted by Crippen LogP contribution is 2.30. The molecule has 6 heteroatoms. The Hall–Kier alpha value is -1.58. The van der Waals surface area contributed by atoms with E-state index in [-0.39, 0.29) is 12.3 Å². The highest BCUT2D eigenvalue weighted by atomic mass is 32.2. The molecule has 18 heavy (non-hydrogen) atoms. The van der Waals surface area contributed by atoms with E-state index in [2.05, 4.69) is 16.6 Å². The standard InChI is InChI=1S/C12H12FNO3S/c13-11-8-9(2-1-7-15)3-6-12(11)14-18(16,17)10-4-5-10/h3,6,8,10,14-15H,4-5,7H2. The molecule has 0 saturated heterocycles. The first-order valence-electron chi connectivity index (χ1n) is 5.44. The number of rotatable bonds is 3. The molecule has 0 heterocycles. The predicted molar refractivity (Wildman–Crippen MR) is 65.9 cm³/mol. The molecule has 0 aliphatic heterocycles. The van der Waals surface area contributed by atoms with Crippen molar-refractivity contribution in [1.29, 1.82) is 0 Å². The molecule has 4 nitrogen and oxygen atoms in total. The topological polar surface area (TPSA) is 66.4 Å². The van der Waals surface area contributed by atoms with Gasteiger partial charge in [0.15, 0.2) is 0 Å². The van der Waals surface area contributed by atoms with E-state index in [0.29, 0.717) is 18.4 Å². The van der Waals surface area contributed by atoms with Gasteiger partial charge in [-0.25, -0.2) is 12.8 Å². The van der Waals surface area contributed by atoms with Gasteiger partial charge in [-0.1, -0.05) is 11.8 Å². The molecule has 96 valence electrons. The highest BCUT2D eigenvalue weighted by molar-refractivity contribution is 7.93. The van der Waals surface area contributed by atoms with Gasteiger partial charge in [0, 0.05) is 5.56 Å². The Bertz CT molecular complexity index is 612. The number of nitrogens with one attached hydrogen (secondary N) is 1. The third-order valence-corrected chi connectivity index (χ3v) is 4.35. The van der Waals surface area contributed by atoms with Crippen LogP contribution in [0.25, 0.3) is 0 Å². The Kier molecular flexibility index (Phi) is 3.55. The Balaban J connectivity index is 2.19. The number of hydrogen-bond acceptors (Lipinski definition) is 3. The van der Waals surface area contributed by atoms with Gasteiger partial charge in [0.25, 0.3) is 0 Å². The average Bonchev–Trinajstić information content (AvgIpc) is 3.13. The maximum Gasteiger partial charge on any atom is 0.235 e. The summed E-state index contributed by atoms with van der Waals surface area (Å²) in [5.74, 6) is 4.25. The third-order valence-electron chi connectivity index (χ3n) is 2.50. The van der Waals surface area contributed by atoms with Crippen molar-refractivity contribution < 1.29 is 17.9 Å². The Morgan fingerprint density at radius 1 is 1.44 bits per heavy atom. The number of anilines is 1. The van der Waals surface area contributed by atoms with Crippen LogP contribution in [0.2, 0.25) is 0 Å². The van der Waals surface area contributed by atoms with Crippen molar-refractivity contribution in [3.63, 3.8) is 0 Å². The van der Waals surface area contributed by atoms with Gasteiger partial charge in [-0.15, -0.1) is 0 Å². The fourth-order valence-corrected chi connectivity index (χ4v) is 2.83. The second-order valence-corrected chi connectivity index (χ2v) is 5.96. The van der Waals surface area contributed by atoms with Gasteiger partial charge in [0.05, 0.1) is 10.9 Å². The summed E-state index contributed by atoms with van der Waals surface area (Å²) in [6.45, 7) is -0.308. The summed E-state index contributed by atoms with van der Waals surface area (Å²) in [5, 5.41) is 8.12. The summed E-state index contributed by atoms with van der Waals surface area (Å²) in [6.07, 6.45) is 1.24. The molecule has 0 radical (unpaired) electrons. The lowest BCUT2D eigenvalue weighted by atomic mass is 10.2. The van der Waals surface area contributed by atoms with Gasteiger partial charge in [0.2, 0.25) is 10.0 Å². The molecule has 1 saturated carbocycles. The van der Waals surface area contributed by atoms with E-state index < -0.39 is 21.1 Å². The molecule has 1 aromatic carbocycles. The second kappa shape index (κ2) is 4.96. The zero-order valence-electron chi connectivity index (χ0n) is 9.48. The minimum atomic E-state index is -3.46. The molecule has 0 aromatic heterocycles. The van der Waals surface area contributed by atoms with Gasteiger partial charge in [-0.05, 0) is 31.0 Å². The number of aliphatic hydroxyl groups excluding tert-OH is 1. The summed E-state index contributed by atoms with van der Waals surface area (Å²) in [4.78, 5) is 0. The normalized spacial score (nSPS) is 14.8. The van der Waals surface area contributed by atoms with E-state index in [1.54, 1.807) is 0 Å². The zero-order chi connectivity index (χ0) is 13.2. The van der Waals surface area contributed by atoms with E-state index >= 15 is 0 Å². The number of hydrogen-bond donors (Lipinski definition) is 2. The summed E-state index contributed by atoms with van der Waals surface area (Å²) in [6, 6.07) is 3.96. The van der Waals surface area contributed by atoms with Crippen LogP contribution in [-0.2, 0) is 10.0 Å². The number of aliphatic hydroxyl groups is 1. The molecule has 1 aliphatic carbocycles. The smallest absolute Gasteiger partial charge is 0.235 e. The maximum absolute atomic E-state index is 13.6. The molecule has 0 atom stereocenters. The first-order valence-corrected chi connectivity index (χ1v) is 6.98. The predicted octanol–water partition coefficient (Wildman–Crippen LogP) is 1.07. The van der Waals surface area contributed by atoms with E-state index in [0.717, 1.165) is 6.07 Å². The van der Waals surface area contributed by atoms with Gasteiger partial charge in [0.1, 0.15) is 12.4 Å². The van der Waals surface area contributed by atoms with E-state index in [9.17, 15) is 12.8 Å². The van der Waals surface area contributed by atoms with Crippen molar-refractivity contribution in [2.24, 2.45) is 0 Å². The van der Waals surface area contributed by atoms with Crippen LogP contribution in [0.5, 0.6) is 0 Å². The second-order valence-electron chi connectivity index (χ2n) is 4.00. The molecule has 1 aliphatic rings. The Labute approximate surface area is 105 Å². The SMILES string of the molecule is O=S(=O)(Nc1ccc(C#CCO)cc1F)C1CC1. The quantitative estimate of drug-likeness (QED) is 0.807. The molecule has 0 bridgehead atoms. The Morgan fingerprint density at radius 2 is 2.17 bits per heavy atom.